The highest BCUT2D eigenvalue weighted by atomic mass is 35.5. The van der Waals surface area contributed by atoms with E-state index in [0.29, 0.717) is 28.6 Å². The van der Waals surface area contributed by atoms with Crippen molar-refractivity contribution in [1.29, 1.82) is 0 Å². The van der Waals surface area contributed by atoms with Gasteiger partial charge >= 0.3 is 0 Å². The summed E-state index contributed by atoms with van der Waals surface area (Å²) in [5.74, 6) is 1.61. The monoisotopic (exact) mass is 497 g/mol. The van der Waals surface area contributed by atoms with Gasteiger partial charge in [0.25, 0.3) is 5.91 Å². The molecule has 1 amide bonds. The quantitative estimate of drug-likeness (QED) is 0.349. The van der Waals surface area contributed by atoms with Crippen LogP contribution in [0.3, 0.4) is 0 Å². The van der Waals surface area contributed by atoms with Crippen molar-refractivity contribution in [3.63, 3.8) is 0 Å². The Labute approximate surface area is 210 Å². The normalized spacial score (nSPS) is 13.5. The van der Waals surface area contributed by atoms with Gasteiger partial charge in [0.2, 0.25) is 0 Å². The molecule has 0 radical (unpaired) electrons. The molecule has 1 atom stereocenters. The zero-order valence-corrected chi connectivity index (χ0v) is 20.8. The average Bonchev–Trinajstić information content (AvgIpc) is 2.82. The van der Waals surface area contributed by atoms with Gasteiger partial charge in [0.15, 0.2) is 0 Å². The first kappa shape index (κ1) is 24.4. The third-order valence-electron chi connectivity index (χ3n) is 5.83. The average molecular weight is 498 g/mol. The summed E-state index contributed by atoms with van der Waals surface area (Å²) >= 11 is 12.3. The van der Waals surface area contributed by atoms with E-state index in [0.717, 1.165) is 48.6 Å². The molecule has 1 aliphatic rings. The van der Waals surface area contributed by atoms with Crippen LogP contribution < -0.4 is 15.4 Å². The molecule has 2 heterocycles. The van der Waals surface area contributed by atoms with E-state index in [-0.39, 0.29) is 11.9 Å². The van der Waals surface area contributed by atoms with Crippen LogP contribution in [0.1, 0.15) is 46.9 Å². The van der Waals surface area contributed by atoms with Crippen LogP contribution in [0, 0.1) is 0 Å². The summed E-state index contributed by atoms with van der Waals surface area (Å²) < 4.78 is 5.91. The van der Waals surface area contributed by atoms with Crippen LogP contribution in [0.4, 0.5) is 5.82 Å². The Kier molecular flexibility index (Phi) is 8.30. The van der Waals surface area contributed by atoms with Crippen molar-refractivity contribution in [2.24, 2.45) is 0 Å². The van der Waals surface area contributed by atoms with E-state index >= 15 is 0 Å². The summed E-state index contributed by atoms with van der Waals surface area (Å²) in [5, 5.41) is 7.04. The third kappa shape index (κ3) is 6.43. The van der Waals surface area contributed by atoms with Crippen LogP contribution in [0.5, 0.6) is 5.75 Å². The van der Waals surface area contributed by atoms with Gasteiger partial charge in [-0.25, -0.2) is 4.98 Å². The fourth-order valence-electron chi connectivity index (χ4n) is 4.09. The van der Waals surface area contributed by atoms with E-state index in [1.54, 1.807) is 18.2 Å². The number of hydrogen-bond acceptors (Lipinski definition) is 4. The van der Waals surface area contributed by atoms with E-state index in [2.05, 4.69) is 22.8 Å². The molecular formula is C27H29Cl2N3O2. The van der Waals surface area contributed by atoms with Crippen molar-refractivity contribution in [2.75, 3.05) is 18.5 Å². The molecular weight excluding hydrogens is 469 g/mol. The number of fused-ring (bicyclic) bond motifs is 1. The number of aryl methyl sites for hydroxylation is 2. The second kappa shape index (κ2) is 11.6. The molecule has 0 fully saturated rings. The maximum absolute atomic E-state index is 12.6. The van der Waals surface area contributed by atoms with Crippen molar-refractivity contribution in [3.8, 4) is 5.75 Å². The minimum atomic E-state index is -0.271. The van der Waals surface area contributed by atoms with Gasteiger partial charge in [-0.3, -0.25) is 4.79 Å². The van der Waals surface area contributed by atoms with E-state index in [1.165, 1.54) is 12.0 Å². The summed E-state index contributed by atoms with van der Waals surface area (Å²) in [7, 11) is 0. The first-order chi connectivity index (χ1) is 16.5. The molecule has 34 heavy (non-hydrogen) atoms. The fraction of sp³-hybridized carbons (Fsp3) is 0.333. The Hall–Kier alpha value is -2.76. The Balaban J connectivity index is 1.21. The topological polar surface area (TPSA) is 63.2 Å². The number of carbonyl (C=O) groups is 1. The molecule has 178 valence electrons. The first-order valence-corrected chi connectivity index (χ1v) is 12.4. The van der Waals surface area contributed by atoms with Crippen LogP contribution in [0.2, 0.25) is 10.0 Å². The summed E-state index contributed by atoms with van der Waals surface area (Å²) in [5.41, 5.74) is 3.83. The molecule has 2 N–H and O–H groups in total. The minimum absolute atomic E-state index is 0.0785. The number of pyridine rings is 1. The second-order valence-corrected chi connectivity index (χ2v) is 9.43. The van der Waals surface area contributed by atoms with Crippen molar-refractivity contribution >= 4 is 34.9 Å². The van der Waals surface area contributed by atoms with Gasteiger partial charge in [0, 0.05) is 18.3 Å². The van der Waals surface area contributed by atoms with Crippen LogP contribution in [0.15, 0.2) is 54.6 Å². The number of ether oxygens (including phenoxy) is 1. The van der Waals surface area contributed by atoms with E-state index < -0.39 is 0 Å². The first-order valence-electron chi connectivity index (χ1n) is 11.7. The van der Waals surface area contributed by atoms with Crippen molar-refractivity contribution in [3.05, 3.63) is 87.0 Å². The number of nitrogens with one attached hydrogen (secondary N) is 2. The minimum Gasteiger partial charge on any atom is -0.494 e. The Morgan fingerprint density at radius 3 is 2.65 bits per heavy atom. The van der Waals surface area contributed by atoms with Gasteiger partial charge in [-0.2, -0.15) is 0 Å². The van der Waals surface area contributed by atoms with Crippen LogP contribution in [-0.4, -0.2) is 30.1 Å². The Morgan fingerprint density at radius 2 is 1.88 bits per heavy atom. The lowest BCUT2D eigenvalue weighted by molar-refractivity contribution is 0.0940. The molecule has 0 spiro atoms. The molecule has 4 rings (SSSR count). The zero-order valence-electron chi connectivity index (χ0n) is 19.2. The highest BCUT2D eigenvalue weighted by molar-refractivity contribution is 6.39. The van der Waals surface area contributed by atoms with E-state index in [4.69, 9.17) is 32.9 Å². The number of hydrogen-bond donors (Lipinski definition) is 2. The summed E-state index contributed by atoms with van der Waals surface area (Å²) in [6.07, 6.45) is 4.76. The predicted molar refractivity (Wildman–Crippen MR) is 138 cm³/mol. The molecule has 0 aliphatic carbocycles. The maximum atomic E-state index is 12.6. The number of amides is 1. The fourth-order valence-corrected chi connectivity index (χ4v) is 4.66. The molecule has 3 aromatic rings. The number of benzene rings is 2. The van der Waals surface area contributed by atoms with Crippen LogP contribution >= 0.6 is 23.2 Å². The zero-order chi connectivity index (χ0) is 23.9. The Bertz CT molecular complexity index is 1110. The van der Waals surface area contributed by atoms with Crippen LogP contribution in [0.25, 0.3) is 0 Å². The SMILES string of the molecule is C[C@@H](Cc1ccc(OCCCc2ccc3c(n2)NCCC3)cc1)NC(=O)c1c(Cl)cccc1Cl. The lowest BCUT2D eigenvalue weighted by Crippen LogP contribution is -2.34. The van der Waals surface area contributed by atoms with Crippen LogP contribution in [-0.2, 0) is 19.3 Å². The van der Waals surface area contributed by atoms with Crippen molar-refractivity contribution in [1.82, 2.24) is 10.3 Å². The number of rotatable bonds is 9. The van der Waals surface area contributed by atoms with Gasteiger partial charge < -0.3 is 15.4 Å². The molecule has 5 nitrogen and oxygen atoms in total. The van der Waals surface area contributed by atoms with Gasteiger partial charge in [-0.15, -0.1) is 0 Å². The molecule has 0 saturated carbocycles. The van der Waals surface area contributed by atoms with E-state index in [1.807, 2.05) is 31.2 Å². The largest absolute Gasteiger partial charge is 0.494 e. The summed E-state index contributed by atoms with van der Waals surface area (Å²) in [6.45, 7) is 3.59. The molecule has 7 heteroatoms. The smallest absolute Gasteiger partial charge is 0.254 e. The lowest BCUT2D eigenvalue weighted by atomic mass is 10.1. The standard InChI is InChI=1S/C27H29Cl2N3O2/c1-18(31-27(33)25-23(28)7-2-8-24(25)29)17-19-9-13-22(14-10-19)34-16-4-6-21-12-11-20-5-3-15-30-26(20)32-21/h2,7-14,18H,3-6,15-17H2,1H3,(H,30,32)(H,31,33)/t18-/m0/s1. The summed E-state index contributed by atoms with van der Waals surface area (Å²) in [6, 6.07) is 17.3. The molecule has 1 aliphatic heterocycles. The molecule has 0 saturated heterocycles. The number of nitrogens with zero attached hydrogens (tertiary/aromatic N) is 1. The highest BCUT2D eigenvalue weighted by Gasteiger charge is 2.17. The van der Waals surface area contributed by atoms with Gasteiger partial charge in [0.1, 0.15) is 11.6 Å². The number of aromatic nitrogens is 1. The van der Waals surface area contributed by atoms with Crippen molar-refractivity contribution in [2.45, 2.75) is 45.1 Å². The highest BCUT2D eigenvalue weighted by Crippen LogP contribution is 2.24. The van der Waals surface area contributed by atoms with Crippen molar-refractivity contribution < 1.29 is 9.53 Å². The summed E-state index contributed by atoms with van der Waals surface area (Å²) in [4.78, 5) is 17.3. The van der Waals surface area contributed by atoms with Gasteiger partial charge in [-0.1, -0.05) is 47.5 Å². The Morgan fingerprint density at radius 1 is 1.12 bits per heavy atom. The number of carbonyl (C=O) groups excluding carboxylic acids is 1. The van der Waals surface area contributed by atoms with Gasteiger partial charge in [0.05, 0.1) is 22.2 Å². The molecule has 0 bridgehead atoms. The number of anilines is 1. The van der Waals surface area contributed by atoms with E-state index in [9.17, 15) is 4.79 Å². The predicted octanol–water partition coefficient (Wildman–Crippen LogP) is 6.12. The third-order valence-corrected chi connectivity index (χ3v) is 6.46. The molecule has 2 aromatic carbocycles. The lowest BCUT2D eigenvalue weighted by Gasteiger charge is -2.17. The molecule has 1 aromatic heterocycles. The number of halogens is 2. The molecule has 0 unspecified atom stereocenters. The second-order valence-electron chi connectivity index (χ2n) is 8.61. The van der Waals surface area contributed by atoms with Gasteiger partial charge in [-0.05, 0) is 80.5 Å². The maximum Gasteiger partial charge on any atom is 0.254 e.